The van der Waals surface area contributed by atoms with Crippen LogP contribution in [0, 0.1) is 11.6 Å². The van der Waals surface area contributed by atoms with Gasteiger partial charge in [0.15, 0.2) is 0 Å². The maximum absolute atomic E-state index is 12.8. The summed E-state index contributed by atoms with van der Waals surface area (Å²) in [6.45, 7) is 0. The Morgan fingerprint density at radius 1 is 1.00 bits per heavy atom. The first-order valence-corrected chi connectivity index (χ1v) is 6.95. The summed E-state index contributed by atoms with van der Waals surface area (Å²) in [5, 5.41) is 0.654. The highest BCUT2D eigenvalue weighted by molar-refractivity contribution is 9.10. The smallest absolute Gasteiger partial charge is 0.248 e. The van der Waals surface area contributed by atoms with Crippen molar-refractivity contribution in [2.45, 2.75) is 0 Å². The monoisotopic (exact) mass is 367 g/mol. The maximum atomic E-state index is 12.8. The van der Waals surface area contributed by atoms with Crippen LogP contribution in [-0.4, -0.2) is 4.98 Å². The summed E-state index contributed by atoms with van der Waals surface area (Å²) >= 11 is 2.98. The van der Waals surface area contributed by atoms with Crippen LogP contribution >= 0.6 is 15.9 Å². The van der Waals surface area contributed by atoms with E-state index in [2.05, 4.69) is 20.9 Å². The molecule has 3 rings (SSSR count). The lowest BCUT2D eigenvalue weighted by molar-refractivity contribution is 0.622. The average Bonchev–Trinajstić information content (AvgIpc) is 2.44. The molecule has 0 aliphatic carbocycles. The summed E-state index contributed by atoms with van der Waals surface area (Å²) in [6.07, 6.45) is 0. The van der Waals surface area contributed by atoms with Crippen molar-refractivity contribution >= 4 is 38.2 Å². The molecule has 114 valence electrons. The van der Waals surface area contributed by atoms with Gasteiger partial charge in [-0.25, -0.2) is 8.78 Å². The number of halogens is 3. The third kappa shape index (κ3) is 3.62. The lowest BCUT2D eigenvalue weighted by atomic mass is 10.2. The number of hydrogen-bond acceptors (Lipinski definition) is 3. The molecular formula is C15H12BrF2N3O. The van der Waals surface area contributed by atoms with Gasteiger partial charge in [0.25, 0.3) is 0 Å². The average molecular weight is 368 g/mol. The predicted octanol–water partition coefficient (Wildman–Crippen LogP) is 3.42. The molecule has 5 N–H and O–H groups in total. The Hall–Kier alpha value is -2.41. The van der Waals surface area contributed by atoms with Crippen molar-refractivity contribution < 1.29 is 8.78 Å². The lowest BCUT2D eigenvalue weighted by Crippen LogP contribution is -2.03. The fourth-order valence-electron chi connectivity index (χ4n) is 1.78. The number of hydrogen-bond donors (Lipinski definition) is 3. The molecule has 0 radical (unpaired) electrons. The molecule has 0 aliphatic heterocycles. The molecule has 1 heterocycles. The lowest BCUT2D eigenvalue weighted by Gasteiger charge is -2.00. The molecule has 0 fully saturated rings. The van der Waals surface area contributed by atoms with E-state index in [0.717, 1.165) is 0 Å². The minimum absolute atomic E-state index is 0.266. The first kappa shape index (κ1) is 16.0. The van der Waals surface area contributed by atoms with Crippen molar-refractivity contribution in [3.8, 4) is 0 Å². The molecule has 22 heavy (non-hydrogen) atoms. The zero-order valence-electron chi connectivity index (χ0n) is 11.2. The van der Waals surface area contributed by atoms with Crippen LogP contribution in [0.2, 0.25) is 0 Å². The van der Waals surface area contributed by atoms with Gasteiger partial charge in [0.1, 0.15) is 11.6 Å². The van der Waals surface area contributed by atoms with Crippen molar-refractivity contribution in [1.29, 1.82) is 0 Å². The number of H-pyrrole nitrogens is 1. The van der Waals surface area contributed by atoms with Gasteiger partial charge in [-0.2, -0.15) is 0 Å². The third-order valence-electron chi connectivity index (χ3n) is 2.82. The van der Waals surface area contributed by atoms with Gasteiger partial charge in [0.2, 0.25) is 5.56 Å². The minimum Gasteiger partial charge on any atom is -0.398 e. The van der Waals surface area contributed by atoms with Crippen LogP contribution in [0.4, 0.5) is 20.2 Å². The van der Waals surface area contributed by atoms with E-state index in [4.69, 9.17) is 11.5 Å². The van der Waals surface area contributed by atoms with E-state index in [0.29, 0.717) is 26.8 Å². The van der Waals surface area contributed by atoms with E-state index in [1.165, 1.54) is 24.3 Å². The van der Waals surface area contributed by atoms with Crippen molar-refractivity contribution in [3.63, 3.8) is 0 Å². The highest BCUT2D eigenvalue weighted by Gasteiger charge is 2.01. The first-order valence-electron chi connectivity index (χ1n) is 6.16. The second kappa shape index (κ2) is 6.57. The second-order valence-electron chi connectivity index (χ2n) is 4.42. The standard InChI is InChI=1S/C9H7FN2O.C6H5BrFN/c10-5-3-7(11)6-1-2-9(13)12-8(6)4-5;7-6-4(8)2-1-3-5(6)9/h1-4H,11H2,(H,12,13);1-3H,9H2. The zero-order valence-corrected chi connectivity index (χ0v) is 12.8. The molecule has 0 unspecified atom stereocenters. The Morgan fingerprint density at radius 2 is 1.73 bits per heavy atom. The van der Waals surface area contributed by atoms with Gasteiger partial charge >= 0.3 is 0 Å². The van der Waals surface area contributed by atoms with E-state index in [-0.39, 0.29) is 11.4 Å². The van der Waals surface area contributed by atoms with Gasteiger partial charge in [-0.15, -0.1) is 0 Å². The van der Waals surface area contributed by atoms with E-state index < -0.39 is 5.82 Å². The number of aromatic nitrogens is 1. The van der Waals surface area contributed by atoms with Gasteiger partial charge in [0.05, 0.1) is 9.99 Å². The molecule has 1 aromatic heterocycles. The van der Waals surface area contributed by atoms with E-state index in [1.54, 1.807) is 18.2 Å². The Balaban J connectivity index is 0.000000172. The SMILES string of the molecule is Nc1cc(F)cc2[nH]c(=O)ccc12.Nc1cccc(F)c1Br. The van der Waals surface area contributed by atoms with Crippen LogP contribution < -0.4 is 17.0 Å². The number of fused-ring (bicyclic) bond motifs is 1. The molecule has 0 saturated carbocycles. The van der Waals surface area contributed by atoms with Gasteiger partial charge in [-0.05, 0) is 46.3 Å². The molecule has 0 amide bonds. The number of rotatable bonds is 0. The first-order chi connectivity index (χ1) is 10.4. The molecule has 0 bridgehead atoms. The number of nitrogens with one attached hydrogen (secondary N) is 1. The maximum Gasteiger partial charge on any atom is 0.248 e. The third-order valence-corrected chi connectivity index (χ3v) is 3.65. The minimum atomic E-state index is -0.452. The second-order valence-corrected chi connectivity index (χ2v) is 5.21. The van der Waals surface area contributed by atoms with Crippen molar-refractivity contribution in [1.82, 2.24) is 4.98 Å². The number of nitrogens with two attached hydrogens (primary N) is 2. The van der Waals surface area contributed by atoms with Crippen LogP contribution in [0.1, 0.15) is 0 Å². The van der Waals surface area contributed by atoms with Crippen LogP contribution in [0.25, 0.3) is 10.9 Å². The van der Waals surface area contributed by atoms with Crippen LogP contribution in [-0.2, 0) is 0 Å². The summed E-state index contributed by atoms with van der Waals surface area (Å²) < 4.78 is 25.6. The molecule has 4 nitrogen and oxygen atoms in total. The van der Waals surface area contributed by atoms with Crippen molar-refractivity contribution in [2.75, 3.05) is 11.5 Å². The molecule has 2 aromatic carbocycles. The number of pyridine rings is 1. The number of nitrogen functional groups attached to an aromatic ring is 2. The molecule has 0 spiro atoms. The summed E-state index contributed by atoms with van der Waals surface area (Å²) in [4.78, 5) is 13.4. The zero-order chi connectivity index (χ0) is 16.3. The summed E-state index contributed by atoms with van der Waals surface area (Å²) in [6, 6.07) is 9.94. The highest BCUT2D eigenvalue weighted by atomic mass is 79.9. The molecule has 0 saturated heterocycles. The number of anilines is 2. The van der Waals surface area contributed by atoms with Gasteiger partial charge in [-0.1, -0.05) is 6.07 Å². The van der Waals surface area contributed by atoms with Crippen molar-refractivity contribution in [2.24, 2.45) is 0 Å². The van der Waals surface area contributed by atoms with Gasteiger partial charge in [-0.3, -0.25) is 4.79 Å². The predicted molar refractivity (Wildman–Crippen MR) is 87.5 cm³/mol. The Kier molecular flexibility index (Phi) is 4.77. The Labute approximate surface area is 132 Å². The molecule has 0 aliphatic rings. The summed E-state index contributed by atoms with van der Waals surface area (Å²) in [5.74, 6) is -0.776. The fraction of sp³-hybridized carbons (Fsp3) is 0. The topological polar surface area (TPSA) is 84.9 Å². The molecular weight excluding hydrogens is 356 g/mol. The Bertz CT molecular complexity index is 860. The Morgan fingerprint density at radius 3 is 2.36 bits per heavy atom. The largest absolute Gasteiger partial charge is 0.398 e. The number of benzene rings is 2. The van der Waals surface area contributed by atoms with Crippen LogP contribution in [0.5, 0.6) is 0 Å². The highest BCUT2D eigenvalue weighted by Crippen LogP contribution is 2.21. The van der Waals surface area contributed by atoms with Crippen LogP contribution in [0.3, 0.4) is 0 Å². The van der Waals surface area contributed by atoms with Crippen LogP contribution in [0.15, 0.2) is 51.7 Å². The quantitative estimate of drug-likeness (QED) is 0.532. The van der Waals surface area contributed by atoms with Gasteiger partial charge < -0.3 is 16.5 Å². The van der Waals surface area contributed by atoms with E-state index in [9.17, 15) is 13.6 Å². The van der Waals surface area contributed by atoms with Crippen molar-refractivity contribution in [3.05, 3.63) is 68.9 Å². The normalized spacial score (nSPS) is 10.1. The number of aromatic amines is 1. The molecule has 3 aromatic rings. The van der Waals surface area contributed by atoms with E-state index in [1.807, 2.05) is 0 Å². The summed E-state index contributed by atoms with van der Waals surface area (Å²) in [5.41, 5.74) is 11.8. The van der Waals surface area contributed by atoms with Gasteiger partial charge in [0, 0.05) is 22.8 Å². The molecule has 7 heteroatoms. The van der Waals surface area contributed by atoms with E-state index >= 15 is 0 Å². The molecule has 0 atom stereocenters. The summed E-state index contributed by atoms with van der Waals surface area (Å²) in [7, 11) is 0. The fourth-order valence-corrected chi connectivity index (χ4v) is 2.05.